The molecule has 2 atom stereocenters. The van der Waals surface area contributed by atoms with E-state index in [1.807, 2.05) is 44.2 Å². The first-order chi connectivity index (χ1) is 15.3. The van der Waals surface area contributed by atoms with Crippen LogP contribution in [-0.2, 0) is 30.9 Å². The van der Waals surface area contributed by atoms with Crippen molar-refractivity contribution in [1.29, 1.82) is 0 Å². The van der Waals surface area contributed by atoms with Crippen LogP contribution in [0.3, 0.4) is 0 Å². The van der Waals surface area contributed by atoms with Crippen molar-refractivity contribution in [3.05, 3.63) is 48.2 Å². The number of rotatable bonds is 8. The number of allylic oxidation sites excluding steroid dienone is 1. The van der Waals surface area contributed by atoms with E-state index in [1.54, 1.807) is 20.8 Å². The van der Waals surface area contributed by atoms with E-state index in [0.29, 0.717) is 0 Å². The Morgan fingerprint density at radius 3 is 2.33 bits per heavy atom. The fourth-order valence-electron chi connectivity index (χ4n) is 3.45. The predicted molar refractivity (Wildman–Crippen MR) is 128 cm³/mol. The van der Waals surface area contributed by atoms with Gasteiger partial charge < -0.3 is 25.1 Å². The normalized spacial score (nSPS) is 13.7. The number of nitrogens with one attached hydrogen (secondary N) is 3. The highest BCUT2D eigenvalue weighted by Gasteiger charge is 2.31. The molecular weight excluding hydrogens is 422 g/mol. The number of esters is 1. The number of carbonyl (C=O) groups excluding carboxylic acids is 3. The second-order valence-corrected chi connectivity index (χ2v) is 9.61. The van der Waals surface area contributed by atoms with Gasteiger partial charge in [0, 0.05) is 28.4 Å². The zero-order chi connectivity index (χ0) is 25.0. The number of alkyl carbamates (subject to hydrolysis) is 1. The average Bonchev–Trinajstić information content (AvgIpc) is 3.10. The second-order valence-electron chi connectivity index (χ2n) is 9.61. The summed E-state index contributed by atoms with van der Waals surface area (Å²) >= 11 is 0. The molecule has 2 amide bonds. The molecule has 0 aliphatic rings. The molecule has 0 saturated heterocycles. The van der Waals surface area contributed by atoms with Gasteiger partial charge in [0.05, 0.1) is 7.11 Å². The van der Waals surface area contributed by atoms with Crippen molar-refractivity contribution < 1.29 is 23.9 Å². The molecule has 2 aromatic rings. The first-order valence-corrected chi connectivity index (χ1v) is 10.9. The van der Waals surface area contributed by atoms with Crippen LogP contribution in [0.4, 0.5) is 4.79 Å². The van der Waals surface area contributed by atoms with Gasteiger partial charge in [-0.2, -0.15) is 0 Å². The number of ether oxygens (including phenoxy) is 2. The molecule has 8 nitrogen and oxygen atoms in total. The number of fused-ring (bicyclic) bond motifs is 1. The highest BCUT2D eigenvalue weighted by atomic mass is 16.6. The van der Waals surface area contributed by atoms with Crippen LogP contribution in [0.2, 0.25) is 0 Å². The number of amides is 2. The molecule has 0 bridgehead atoms. The number of carbonyl (C=O) groups is 3. The smallest absolute Gasteiger partial charge is 0.408 e. The van der Waals surface area contributed by atoms with Gasteiger partial charge in [-0.25, -0.2) is 9.59 Å². The standard InChI is InChI=1S/C25H35N3O5/c1-9-25(6,7)20-17(16-12-10-11-13-18(16)27-20)14-19(22(30)32-8)28-21(29)15(2)26-23(31)33-24(3,4)5/h9-13,15,19,27H,1,14H2,2-8H3,(H,26,31)(H,28,29)/t15-,19-/m0/s1. The molecule has 2 rings (SSSR count). The van der Waals surface area contributed by atoms with Crippen LogP contribution in [0.1, 0.15) is 52.8 Å². The van der Waals surface area contributed by atoms with E-state index in [0.717, 1.165) is 22.2 Å². The molecule has 0 aliphatic carbocycles. The first-order valence-electron chi connectivity index (χ1n) is 10.9. The zero-order valence-corrected chi connectivity index (χ0v) is 20.5. The number of benzene rings is 1. The Balaban J connectivity index is 2.30. The summed E-state index contributed by atoms with van der Waals surface area (Å²) in [6, 6.07) is 5.90. The molecule has 180 valence electrons. The second kappa shape index (κ2) is 10.1. The van der Waals surface area contributed by atoms with E-state index in [4.69, 9.17) is 9.47 Å². The monoisotopic (exact) mass is 457 g/mol. The van der Waals surface area contributed by atoms with Gasteiger partial charge in [0.1, 0.15) is 17.7 Å². The van der Waals surface area contributed by atoms with Crippen molar-refractivity contribution >= 4 is 28.9 Å². The Labute approximate surface area is 195 Å². The van der Waals surface area contributed by atoms with E-state index in [-0.39, 0.29) is 6.42 Å². The topological polar surface area (TPSA) is 110 Å². The number of aromatic nitrogens is 1. The van der Waals surface area contributed by atoms with Crippen LogP contribution in [0.25, 0.3) is 10.9 Å². The fraction of sp³-hybridized carbons (Fsp3) is 0.480. The molecular formula is C25H35N3O5. The van der Waals surface area contributed by atoms with E-state index >= 15 is 0 Å². The summed E-state index contributed by atoms with van der Waals surface area (Å²) in [7, 11) is 1.27. The molecule has 3 N–H and O–H groups in total. The summed E-state index contributed by atoms with van der Waals surface area (Å²) in [5.41, 5.74) is 1.62. The number of methoxy groups -OCH3 is 1. The van der Waals surface area contributed by atoms with Crippen LogP contribution < -0.4 is 10.6 Å². The number of hydrogen-bond acceptors (Lipinski definition) is 5. The number of aromatic amines is 1. The van der Waals surface area contributed by atoms with Gasteiger partial charge in [-0.05, 0) is 39.3 Å². The third-order valence-electron chi connectivity index (χ3n) is 5.31. The summed E-state index contributed by atoms with van der Waals surface area (Å²) in [5.74, 6) is -1.11. The number of H-pyrrole nitrogens is 1. The van der Waals surface area contributed by atoms with Gasteiger partial charge in [0.15, 0.2) is 0 Å². The van der Waals surface area contributed by atoms with E-state index in [1.165, 1.54) is 14.0 Å². The molecule has 0 radical (unpaired) electrons. The Hall–Kier alpha value is -3.29. The summed E-state index contributed by atoms with van der Waals surface area (Å²) in [5, 5.41) is 6.15. The van der Waals surface area contributed by atoms with Crippen LogP contribution >= 0.6 is 0 Å². The van der Waals surface area contributed by atoms with Crippen LogP contribution in [0.5, 0.6) is 0 Å². The van der Waals surface area contributed by atoms with Crippen molar-refractivity contribution in [2.24, 2.45) is 0 Å². The van der Waals surface area contributed by atoms with Crippen LogP contribution in [0.15, 0.2) is 36.9 Å². The predicted octanol–water partition coefficient (Wildman–Crippen LogP) is 3.75. The Bertz CT molecular complexity index is 1030. The van der Waals surface area contributed by atoms with Crippen molar-refractivity contribution in [2.45, 2.75) is 71.1 Å². The van der Waals surface area contributed by atoms with E-state index < -0.39 is 41.1 Å². The molecule has 1 aromatic carbocycles. The minimum atomic E-state index is -0.955. The van der Waals surface area contributed by atoms with Crippen molar-refractivity contribution in [3.63, 3.8) is 0 Å². The van der Waals surface area contributed by atoms with Crippen molar-refractivity contribution in [1.82, 2.24) is 15.6 Å². The lowest BCUT2D eigenvalue weighted by atomic mass is 9.85. The Kier molecular flexibility index (Phi) is 7.95. The Morgan fingerprint density at radius 1 is 1.12 bits per heavy atom. The SMILES string of the molecule is C=CC(C)(C)c1[nH]c2ccccc2c1C[C@H](NC(=O)[C@H](C)NC(=O)OC(C)(C)C)C(=O)OC. The molecule has 0 spiro atoms. The quantitative estimate of drug-likeness (QED) is 0.413. The summed E-state index contributed by atoms with van der Waals surface area (Å²) in [6.45, 7) is 14.7. The Morgan fingerprint density at radius 2 is 1.76 bits per heavy atom. The molecule has 0 saturated carbocycles. The molecule has 8 heteroatoms. The van der Waals surface area contributed by atoms with Gasteiger partial charge in [-0.3, -0.25) is 4.79 Å². The van der Waals surface area contributed by atoms with Crippen molar-refractivity contribution in [2.75, 3.05) is 7.11 Å². The minimum absolute atomic E-state index is 0.203. The third kappa shape index (κ3) is 6.60. The van der Waals surface area contributed by atoms with E-state index in [2.05, 4.69) is 22.2 Å². The third-order valence-corrected chi connectivity index (χ3v) is 5.31. The van der Waals surface area contributed by atoms with Gasteiger partial charge in [-0.15, -0.1) is 6.58 Å². The molecule has 0 fully saturated rings. The van der Waals surface area contributed by atoms with Gasteiger partial charge in [0.25, 0.3) is 0 Å². The number of para-hydroxylation sites is 1. The lowest BCUT2D eigenvalue weighted by molar-refractivity contribution is -0.145. The largest absolute Gasteiger partial charge is 0.467 e. The highest BCUT2D eigenvalue weighted by molar-refractivity contribution is 5.91. The lowest BCUT2D eigenvalue weighted by Gasteiger charge is -2.25. The summed E-state index contributed by atoms with van der Waals surface area (Å²) in [4.78, 5) is 40.8. The van der Waals surface area contributed by atoms with Crippen LogP contribution in [0, 0.1) is 0 Å². The fourth-order valence-corrected chi connectivity index (χ4v) is 3.45. The van der Waals surface area contributed by atoms with Crippen molar-refractivity contribution in [3.8, 4) is 0 Å². The maximum atomic E-state index is 12.8. The molecule has 33 heavy (non-hydrogen) atoms. The number of hydrogen-bond donors (Lipinski definition) is 3. The zero-order valence-electron chi connectivity index (χ0n) is 20.5. The average molecular weight is 458 g/mol. The molecule has 0 aliphatic heterocycles. The molecule has 0 unspecified atom stereocenters. The van der Waals surface area contributed by atoms with E-state index in [9.17, 15) is 14.4 Å². The van der Waals surface area contributed by atoms with Gasteiger partial charge in [-0.1, -0.05) is 38.1 Å². The van der Waals surface area contributed by atoms with Crippen LogP contribution in [-0.4, -0.2) is 47.7 Å². The van der Waals surface area contributed by atoms with Gasteiger partial charge >= 0.3 is 12.1 Å². The highest BCUT2D eigenvalue weighted by Crippen LogP contribution is 2.33. The maximum Gasteiger partial charge on any atom is 0.408 e. The molecule has 1 aromatic heterocycles. The lowest BCUT2D eigenvalue weighted by Crippen LogP contribution is -2.52. The summed E-state index contributed by atoms with van der Waals surface area (Å²) < 4.78 is 10.2. The first kappa shape index (κ1) is 26.0. The van der Waals surface area contributed by atoms with Gasteiger partial charge in [0.2, 0.25) is 5.91 Å². The summed E-state index contributed by atoms with van der Waals surface area (Å²) in [6.07, 6.45) is 1.32. The maximum absolute atomic E-state index is 12.8. The molecule has 1 heterocycles. The minimum Gasteiger partial charge on any atom is -0.467 e.